The van der Waals surface area contributed by atoms with E-state index in [1.807, 2.05) is 67.6 Å². The third kappa shape index (κ3) is 4.49. The van der Waals surface area contributed by atoms with E-state index in [0.717, 1.165) is 32.1 Å². The Labute approximate surface area is 160 Å². The summed E-state index contributed by atoms with van der Waals surface area (Å²) < 4.78 is 0.955. The van der Waals surface area contributed by atoms with Crippen molar-refractivity contribution < 1.29 is 9.59 Å². The highest BCUT2D eigenvalue weighted by Crippen LogP contribution is 2.20. The number of anilines is 1. The summed E-state index contributed by atoms with van der Waals surface area (Å²) in [5, 5.41) is 7.65. The number of nitrogens with one attached hydrogen (secondary N) is 2. The van der Waals surface area contributed by atoms with Crippen LogP contribution in [0.25, 0.3) is 10.8 Å². The Hall–Kier alpha value is -2.66. The fourth-order valence-electron chi connectivity index (χ4n) is 2.82. The van der Waals surface area contributed by atoms with Gasteiger partial charge < -0.3 is 10.6 Å². The first-order chi connectivity index (χ1) is 12.5. The Balaban J connectivity index is 1.57. The van der Waals surface area contributed by atoms with Crippen LogP contribution < -0.4 is 10.6 Å². The summed E-state index contributed by atoms with van der Waals surface area (Å²) in [6.07, 6.45) is 0.242. The topological polar surface area (TPSA) is 58.2 Å². The second kappa shape index (κ2) is 8.15. The quantitative estimate of drug-likeness (QED) is 0.661. The molecule has 4 nitrogen and oxygen atoms in total. The van der Waals surface area contributed by atoms with E-state index in [-0.39, 0.29) is 24.8 Å². The molecule has 0 unspecified atom stereocenters. The molecule has 0 aliphatic heterocycles. The molecule has 0 aliphatic rings. The van der Waals surface area contributed by atoms with Crippen LogP contribution in [0.3, 0.4) is 0 Å². The molecular weight excluding hydrogens is 392 g/mol. The number of amides is 2. The lowest BCUT2D eigenvalue weighted by atomic mass is 10.0. The van der Waals surface area contributed by atoms with Gasteiger partial charge in [-0.15, -0.1) is 0 Å². The zero-order chi connectivity index (χ0) is 18.5. The molecule has 0 saturated carbocycles. The maximum absolute atomic E-state index is 12.2. The Morgan fingerprint density at radius 1 is 0.962 bits per heavy atom. The van der Waals surface area contributed by atoms with E-state index >= 15 is 0 Å². The summed E-state index contributed by atoms with van der Waals surface area (Å²) in [5.74, 6) is -0.425. The van der Waals surface area contributed by atoms with Crippen LogP contribution in [-0.4, -0.2) is 18.4 Å². The maximum Gasteiger partial charge on any atom is 0.243 e. The second-order valence-corrected chi connectivity index (χ2v) is 7.01. The molecule has 0 aliphatic carbocycles. The fourth-order valence-corrected chi connectivity index (χ4v) is 3.30. The van der Waals surface area contributed by atoms with Crippen molar-refractivity contribution >= 4 is 44.2 Å². The van der Waals surface area contributed by atoms with Gasteiger partial charge in [0, 0.05) is 10.2 Å². The Bertz CT molecular complexity index is 964. The van der Waals surface area contributed by atoms with Gasteiger partial charge in [0.15, 0.2) is 0 Å². The molecule has 2 amide bonds. The van der Waals surface area contributed by atoms with E-state index in [1.54, 1.807) is 0 Å². The molecule has 0 bridgehead atoms. The average molecular weight is 411 g/mol. The third-order valence-corrected chi connectivity index (χ3v) is 4.63. The van der Waals surface area contributed by atoms with Gasteiger partial charge in [-0.3, -0.25) is 9.59 Å². The normalized spacial score (nSPS) is 10.5. The first-order valence-corrected chi connectivity index (χ1v) is 9.11. The molecule has 2 N–H and O–H groups in total. The van der Waals surface area contributed by atoms with Gasteiger partial charge in [-0.2, -0.15) is 0 Å². The lowest BCUT2D eigenvalue weighted by Crippen LogP contribution is -2.33. The molecular formula is C21H19BrN2O2. The van der Waals surface area contributed by atoms with E-state index in [1.165, 1.54) is 0 Å². The standard InChI is InChI=1S/C21H19BrN2O2/c1-14-11-17(22)9-10-19(14)24-21(26)13-23-20(25)12-16-7-4-6-15-5-2-3-8-18(15)16/h2-11H,12-13H2,1H3,(H,23,25)(H,24,26). The average Bonchev–Trinajstić information content (AvgIpc) is 2.63. The van der Waals surface area contributed by atoms with Crippen molar-refractivity contribution in [1.29, 1.82) is 0 Å². The fraction of sp³-hybridized carbons (Fsp3) is 0.143. The number of hydrogen-bond donors (Lipinski definition) is 2. The Morgan fingerprint density at radius 3 is 2.54 bits per heavy atom. The lowest BCUT2D eigenvalue weighted by molar-refractivity contribution is -0.123. The molecule has 3 rings (SSSR count). The second-order valence-electron chi connectivity index (χ2n) is 6.10. The number of carbonyl (C=O) groups excluding carboxylic acids is 2. The van der Waals surface area contributed by atoms with Crippen molar-refractivity contribution in [3.63, 3.8) is 0 Å². The molecule has 0 atom stereocenters. The van der Waals surface area contributed by atoms with Crippen molar-refractivity contribution in [1.82, 2.24) is 5.32 Å². The van der Waals surface area contributed by atoms with Crippen LogP contribution in [0.5, 0.6) is 0 Å². The van der Waals surface area contributed by atoms with Crippen molar-refractivity contribution in [2.45, 2.75) is 13.3 Å². The monoisotopic (exact) mass is 410 g/mol. The minimum Gasteiger partial charge on any atom is -0.347 e. The third-order valence-electron chi connectivity index (χ3n) is 4.14. The predicted molar refractivity (Wildman–Crippen MR) is 108 cm³/mol. The number of rotatable bonds is 5. The van der Waals surface area contributed by atoms with Crippen LogP contribution >= 0.6 is 15.9 Å². The van der Waals surface area contributed by atoms with Crippen LogP contribution in [0.15, 0.2) is 65.1 Å². The maximum atomic E-state index is 12.2. The van der Waals surface area contributed by atoms with Gasteiger partial charge in [0.2, 0.25) is 11.8 Å². The van der Waals surface area contributed by atoms with Crippen LogP contribution in [0.1, 0.15) is 11.1 Å². The van der Waals surface area contributed by atoms with Crippen molar-refractivity contribution in [2.24, 2.45) is 0 Å². The first kappa shape index (κ1) is 18.1. The van der Waals surface area contributed by atoms with Gasteiger partial charge in [-0.1, -0.05) is 58.4 Å². The molecule has 0 aromatic heterocycles. The molecule has 26 heavy (non-hydrogen) atoms. The molecule has 3 aromatic carbocycles. The van der Waals surface area contributed by atoms with Gasteiger partial charge in [-0.25, -0.2) is 0 Å². The summed E-state index contributed by atoms with van der Waals surface area (Å²) in [4.78, 5) is 24.3. The van der Waals surface area contributed by atoms with Gasteiger partial charge in [0.1, 0.15) is 0 Å². The highest BCUT2D eigenvalue weighted by Gasteiger charge is 2.10. The molecule has 0 fully saturated rings. The Morgan fingerprint density at radius 2 is 1.73 bits per heavy atom. The zero-order valence-corrected chi connectivity index (χ0v) is 16.0. The Kier molecular flexibility index (Phi) is 5.68. The van der Waals surface area contributed by atoms with Crippen LogP contribution in [0, 0.1) is 6.92 Å². The molecule has 0 radical (unpaired) electrons. The number of aryl methyl sites for hydroxylation is 1. The highest BCUT2D eigenvalue weighted by atomic mass is 79.9. The first-order valence-electron chi connectivity index (χ1n) is 8.32. The summed E-state index contributed by atoms with van der Waals surface area (Å²) in [5.41, 5.74) is 2.64. The number of fused-ring (bicyclic) bond motifs is 1. The van der Waals surface area contributed by atoms with E-state index in [0.29, 0.717) is 0 Å². The number of carbonyl (C=O) groups is 2. The largest absolute Gasteiger partial charge is 0.347 e. The van der Waals surface area contributed by atoms with E-state index in [9.17, 15) is 9.59 Å². The summed E-state index contributed by atoms with van der Waals surface area (Å²) in [6, 6.07) is 19.5. The van der Waals surface area contributed by atoms with E-state index in [2.05, 4.69) is 26.6 Å². The van der Waals surface area contributed by atoms with Crippen LogP contribution in [0.2, 0.25) is 0 Å². The number of benzene rings is 3. The van der Waals surface area contributed by atoms with Crippen molar-refractivity contribution in [2.75, 3.05) is 11.9 Å². The molecule has 0 saturated heterocycles. The van der Waals surface area contributed by atoms with Gasteiger partial charge in [-0.05, 0) is 47.0 Å². The predicted octanol–water partition coefficient (Wildman–Crippen LogP) is 4.21. The van der Waals surface area contributed by atoms with Gasteiger partial charge in [0.05, 0.1) is 13.0 Å². The zero-order valence-electron chi connectivity index (χ0n) is 14.4. The van der Waals surface area contributed by atoms with Crippen LogP contribution in [-0.2, 0) is 16.0 Å². The minimum absolute atomic E-state index is 0.0564. The molecule has 0 heterocycles. The number of hydrogen-bond acceptors (Lipinski definition) is 2. The van der Waals surface area contributed by atoms with Gasteiger partial charge in [0.25, 0.3) is 0 Å². The summed E-state index contributed by atoms with van der Waals surface area (Å²) in [6.45, 7) is 1.86. The van der Waals surface area contributed by atoms with Crippen molar-refractivity contribution in [3.8, 4) is 0 Å². The number of halogens is 1. The summed E-state index contributed by atoms with van der Waals surface area (Å²) >= 11 is 3.39. The minimum atomic E-state index is -0.248. The lowest BCUT2D eigenvalue weighted by Gasteiger charge is -2.10. The van der Waals surface area contributed by atoms with Gasteiger partial charge >= 0.3 is 0 Å². The summed E-state index contributed by atoms with van der Waals surface area (Å²) in [7, 11) is 0. The van der Waals surface area contributed by atoms with Crippen molar-refractivity contribution in [3.05, 3.63) is 76.3 Å². The molecule has 0 spiro atoms. The van der Waals surface area contributed by atoms with E-state index in [4.69, 9.17) is 0 Å². The smallest absolute Gasteiger partial charge is 0.243 e. The molecule has 132 valence electrons. The van der Waals surface area contributed by atoms with Crippen LogP contribution in [0.4, 0.5) is 5.69 Å². The molecule has 3 aromatic rings. The molecule has 5 heteroatoms. The highest BCUT2D eigenvalue weighted by molar-refractivity contribution is 9.10. The SMILES string of the molecule is Cc1cc(Br)ccc1NC(=O)CNC(=O)Cc1cccc2ccccc12. The van der Waals surface area contributed by atoms with E-state index < -0.39 is 0 Å².